The lowest BCUT2D eigenvalue weighted by atomic mass is 9.84. The van der Waals surface area contributed by atoms with Crippen molar-refractivity contribution < 1.29 is 24.2 Å². The summed E-state index contributed by atoms with van der Waals surface area (Å²) in [5.74, 6) is -1.43. The van der Waals surface area contributed by atoms with E-state index in [0.717, 1.165) is 32.1 Å². The summed E-state index contributed by atoms with van der Waals surface area (Å²) in [4.78, 5) is 35.7. The molecule has 1 unspecified atom stereocenters. The monoisotopic (exact) mass is 300 g/mol. The van der Waals surface area contributed by atoms with Gasteiger partial charge in [-0.05, 0) is 18.8 Å². The van der Waals surface area contributed by atoms with Crippen LogP contribution >= 0.6 is 0 Å². The summed E-state index contributed by atoms with van der Waals surface area (Å²) in [6.07, 6.45) is 4.86. The number of esters is 1. The van der Waals surface area contributed by atoms with Gasteiger partial charge in [-0.25, -0.2) is 9.59 Å². The summed E-state index contributed by atoms with van der Waals surface area (Å²) in [6, 6.07) is -1.34. The second-order valence-corrected chi connectivity index (χ2v) is 5.41. The smallest absolute Gasteiger partial charge is 0.326 e. The van der Waals surface area contributed by atoms with Crippen LogP contribution in [0, 0.1) is 5.92 Å². The number of carboxylic acid groups (broad SMARTS) is 1. The maximum Gasteiger partial charge on any atom is 0.326 e. The summed E-state index contributed by atoms with van der Waals surface area (Å²) in [6.45, 7) is 0.190. The van der Waals surface area contributed by atoms with Gasteiger partial charge in [-0.2, -0.15) is 0 Å². The number of urea groups is 1. The Morgan fingerprint density at radius 1 is 1.29 bits per heavy atom. The van der Waals surface area contributed by atoms with Crippen LogP contribution in [-0.2, 0) is 14.3 Å². The lowest BCUT2D eigenvalue weighted by molar-refractivity contribution is -0.142. The molecule has 120 valence electrons. The molecular weight excluding hydrogens is 276 g/mol. The zero-order valence-corrected chi connectivity index (χ0v) is 12.6. The van der Waals surface area contributed by atoms with Crippen molar-refractivity contribution in [3.8, 4) is 0 Å². The highest BCUT2D eigenvalue weighted by atomic mass is 16.5. The van der Waals surface area contributed by atoms with Crippen molar-refractivity contribution in [3.05, 3.63) is 0 Å². The minimum atomic E-state index is -1.00. The van der Waals surface area contributed by atoms with Crippen LogP contribution < -0.4 is 5.32 Å². The van der Waals surface area contributed by atoms with Gasteiger partial charge in [-0.3, -0.25) is 4.79 Å². The number of carbonyl (C=O) groups excluding carboxylic acids is 2. The number of methoxy groups -OCH3 is 1. The van der Waals surface area contributed by atoms with E-state index in [-0.39, 0.29) is 18.9 Å². The van der Waals surface area contributed by atoms with Crippen molar-refractivity contribution in [2.45, 2.75) is 44.6 Å². The van der Waals surface area contributed by atoms with E-state index < -0.39 is 24.0 Å². The standard InChI is InChI=1S/C14H24N2O5/c1-16(9-8-11(17)21-2)14(20)15-12(13(18)19)10-6-4-3-5-7-10/h10,12H,3-9H2,1-2H3,(H,15,20)(H,18,19). The van der Waals surface area contributed by atoms with Gasteiger partial charge in [0.15, 0.2) is 0 Å². The lowest BCUT2D eigenvalue weighted by Crippen LogP contribution is -2.50. The number of aliphatic carboxylic acids is 1. The fraction of sp³-hybridized carbons (Fsp3) is 0.786. The van der Waals surface area contributed by atoms with E-state index in [1.807, 2.05) is 0 Å². The highest BCUT2D eigenvalue weighted by molar-refractivity contribution is 5.83. The van der Waals surface area contributed by atoms with E-state index in [1.165, 1.54) is 19.1 Å². The van der Waals surface area contributed by atoms with Crippen LogP contribution in [0.5, 0.6) is 0 Å². The molecule has 7 heteroatoms. The molecule has 0 aliphatic heterocycles. The second kappa shape index (κ2) is 8.49. The average Bonchev–Trinajstić information content (AvgIpc) is 2.49. The third kappa shape index (κ3) is 5.61. The molecular formula is C14H24N2O5. The molecule has 1 aliphatic carbocycles. The summed E-state index contributed by atoms with van der Waals surface area (Å²) < 4.78 is 4.50. The largest absolute Gasteiger partial charge is 0.480 e. The number of amides is 2. The van der Waals surface area contributed by atoms with Crippen LogP contribution in [-0.4, -0.2) is 54.7 Å². The SMILES string of the molecule is COC(=O)CCN(C)C(=O)NC(C(=O)O)C1CCCCC1. The number of nitrogens with zero attached hydrogens (tertiary/aromatic N) is 1. The zero-order valence-electron chi connectivity index (χ0n) is 12.6. The van der Waals surface area contributed by atoms with Gasteiger partial charge in [0.1, 0.15) is 6.04 Å². The van der Waals surface area contributed by atoms with Crippen LogP contribution in [0.1, 0.15) is 38.5 Å². The summed E-state index contributed by atoms with van der Waals surface area (Å²) >= 11 is 0. The number of carbonyl (C=O) groups is 3. The molecule has 0 saturated heterocycles. The summed E-state index contributed by atoms with van der Waals surface area (Å²) in [7, 11) is 2.81. The molecule has 1 rings (SSSR count). The molecule has 0 spiro atoms. The van der Waals surface area contributed by atoms with Gasteiger partial charge in [0.05, 0.1) is 13.5 Å². The minimum Gasteiger partial charge on any atom is -0.480 e. The number of nitrogens with one attached hydrogen (secondary N) is 1. The van der Waals surface area contributed by atoms with Crippen molar-refractivity contribution in [1.82, 2.24) is 10.2 Å². The molecule has 0 radical (unpaired) electrons. The predicted octanol–water partition coefficient (Wildman–Crippen LogP) is 1.22. The molecule has 1 aliphatic rings. The Kier molecular flexibility index (Phi) is 6.98. The number of rotatable bonds is 6. The topological polar surface area (TPSA) is 95.9 Å². The first-order chi connectivity index (χ1) is 9.95. The Bertz CT molecular complexity index is 380. The van der Waals surface area contributed by atoms with Gasteiger partial charge in [0, 0.05) is 13.6 Å². The van der Waals surface area contributed by atoms with Crippen molar-refractivity contribution in [2.75, 3.05) is 20.7 Å². The maximum atomic E-state index is 12.0. The van der Waals surface area contributed by atoms with E-state index in [9.17, 15) is 19.5 Å². The molecule has 1 saturated carbocycles. The molecule has 7 nitrogen and oxygen atoms in total. The van der Waals surface area contributed by atoms with E-state index in [2.05, 4.69) is 10.1 Å². The molecule has 1 atom stereocenters. The average molecular weight is 300 g/mol. The maximum absolute atomic E-state index is 12.0. The fourth-order valence-corrected chi connectivity index (χ4v) is 2.55. The summed E-state index contributed by atoms with van der Waals surface area (Å²) in [5.41, 5.74) is 0. The van der Waals surface area contributed by atoms with Gasteiger partial charge in [-0.1, -0.05) is 19.3 Å². The van der Waals surface area contributed by atoms with E-state index >= 15 is 0 Å². The van der Waals surface area contributed by atoms with E-state index in [4.69, 9.17) is 0 Å². The number of ether oxygens (including phenoxy) is 1. The number of hydrogen-bond acceptors (Lipinski definition) is 4. The Balaban J connectivity index is 2.51. The predicted molar refractivity (Wildman–Crippen MR) is 75.8 cm³/mol. The Labute approximate surface area is 124 Å². The van der Waals surface area contributed by atoms with Gasteiger partial charge >= 0.3 is 18.0 Å². The van der Waals surface area contributed by atoms with Crippen LogP contribution in [0.15, 0.2) is 0 Å². The molecule has 0 aromatic rings. The highest BCUT2D eigenvalue weighted by Gasteiger charge is 2.31. The molecule has 2 N–H and O–H groups in total. The third-order valence-corrected chi connectivity index (χ3v) is 3.89. The van der Waals surface area contributed by atoms with Crippen LogP contribution in [0.25, 0.3) is 0 Å². The van der Waals surface area contributed by atoms with Crippen molar-refractivity contribution >= 4 is 18.0 Å². The van der Waals surface area contributed by atoms with Gasteiger partial charge in [-0.15, -0.1) is 0 Å². The van der Waals surface area contributed by atoms with Crippen molar-refractivity contribution in [2.24, 2.45) is 5.92 Å². The summed E-state index contributed by atoms with van der Waals surface area (Å²) in [5, 5.41) is 11.9. The number of hydrogen-bond donors (Lipinski definition) is 2. The zero-order chi connectivity index (χ0) is 15.8. The van der Waals surface area contributed by atoms with Crippen LogP contribution in [0.2, 0.25) is 0 Å². The first kappa shape index (κ1) is 17.3. The Morgan fingerprint density at radius 3 is 2.43 bits per heavy atom. The van der Waals surface area contributed by atoms with Crippen LogP contribution in [0.3, 0.4) is 0 Å². The van der Waals surface area contributed by atoms with Gasteiger partial charge < -0.3 is 20.1 Å². The third-order valence-electron chi connectivity index (χ3n) is 3.89. The van der Waals surface area contributed by atoms with Crippen molar-refractivity contribution in [3.63, 3.8) is 0 Å². The second-order valence-electron chi connectivity index (χ2n) is 5.41. The molecule has 0 bridgehead atoms. The molecule has 21 heavy (non-hydrogen) atoms. The van der Waals surface area contributed by atoms with Gasteiger partial charge in [0.25, 0.3) is 0 Å². The van der Waals surface area contributed by atoms with E-state index in [0.29, 0.717) is 0 Å². The highest BCUT2D eigenvalue weighted by Crippen LogP contribution is 2.26. The molecule has 1 fully saturated rings. The van der Waals surface area contributed by atoms with E-state index in [1.54, 1.807) is 0 Å². The number of carboxylic acids is 1. The Morgan fingerprint density at radius 2 is 1.90 bits per heavy atom. The first-order valence-corrected chi connectivity index (χ1v) is 7.27. The fourth-order valence-electron chi connectivity index (χ4n) is 2.55. The molecule has 0 heterocycles. The molecule has 0 aromatic carbocycles. The normalized spacial score (nSPS) is 16.9. The molecule has 0 aromatic heterocycles. The minimum absolute atomic E-state index is 0.0193. The van der Waals surface area contributed by atoms with Crippen molar-refractivity contribution in [1.29, 1.82) is 0 Å². The quantitative estimate of drug-likeness (QED) is 0.719. The molecule has 2 amide bonds. The van der Waals surface area contributed by atoms with Crippen LogP contribution in [0.4, 0.5) is 4.79 Å². The first-order valence-electron chi connectivity index (χ1n) is 7.27. The van der Waals surface area contributed by atoms with Gasteiger partial charge in [0.2, 0.25) is 0 Å². The lowest BCUT2D eigenvalue weighted by Gasteiger charge is -2.29. The Hall–Kier alpha value is -1.79.